The number of nitrogens with two attached hydrogens (primary N) is 1. The minimum absolute atomic E-state index is 0.171. The zero-order chi connectivity index (χ0) is 12.3. The lowest BCUT2D eigenvalue weighted by molar-refractivity contribution is 0.0720. The van der Waals surface area contributed by atoms with Crippen molar-refractivity contribution in [2.45, 2.75) is 31.7 Å². The van der Waals surface area contributed by atoms with E-state index >= 15 is 0 Å². The van der Waals surface area contributed by atoms with Crippen molar-refractivity contribution in [2.24, 2.45) is 11.7 Å². The molecule has 2 heterocycles. The van der Waals surface area contributed by atoms with E-state index in [0.717, 1.165) is 25.7 Å². The molecule has 0 radical (unpaired) electrons. The van der Waals surface area contributed by atoms with Crippen molar-refractivity contribution in [2.75, 3.05) is 32.1 Å². The van der Waals surface area contributed by atoms with Gasteiger partial charge in [0.05, 0.1) is 5.75 Å². The zero-order valence-corrected chi connectivity index (χ0v) is 11.0. The summed E-state index contributed by atoms with van der Waals surface area (Å²) in [6.07, 6.45) is 3.30. The van der Waals surface area contributed by atoms with Crippen LogP contribution in [0.15, 0.2) is 0 Å². The van der Waals surface area contributed by atoms with Gasteiger partial charge in [-0.25, -0.2) is 12.7 Å². The van der Waals surface area contributed by atoms with Gasteiger partial charge in [-0.15, -0.1) is 0 Å². The molecule has 17 heavy (non-hydrogen) atoms. The van der Waals surface area contributed by atoms with Crippen LogP contribution in [0, 0.1) is 5.92 Å². The fourth-order valence-electron chi connectivity index (χ4n) is 2.47. The predicted octanol–water partition coefficient (Wildman–Crippen LogP) is 0.166. The van der Waals surface area contributed by atoms with E-state index in [9.17, 15) is 8.42 Å². The van der Waals surface area contributed by atoms with Gasteiger partial charge in [-0.05, 0) is 31.6 Å². The fourth-order valence-corrected chi connectivity index (χ4v) is 4.38. The van der Waals surface area contributed by atoms with E-state index < -0.39 is 10.0 Å². The topological polar surface area (TPSA) is 72.6 Å². The molecule has 6 heteroatoms. The van der Waals surface area contributed by atoms with Crippen LogP contribution in [0.1, 0.15) is 25.7 Å². The van der Waals surface area contributed by atoms with Crippen LogP contribution in [-0.2, 0) is 14.8 Å². The quantitative estimate of drug-likeness (QED) is 0.786. The van der Waals surface area contributed by atoms with E-state index in [2.05, 4.69) is 0 Å². The summed E-state index contributed by atoms with van der Waals surface area (Å²) in [6, 6.07) is 0.171. The molecule has 0 aromatic heterocycles. The molecule has 0 bridgehead atoms. The second-order valence-corrected chi connectivity index (χ2v) is 7.08. The molecule has 0 saturated carbocycles. The lowest BCUT2D eigenvalue weighted by Crippen LogP contribution is -2.44. The van der Waals surface area contributed by atoms with Gasteiger partial charge in [-0.2, -0.15) is 0 Å². The van der Waals surface area contributed by atoms with Crippen LogP contribution in [0.3, 0.4) is 0 Å². The Labute approximate surface area is 103 Å². The summed E-state index contributed by atoms with van der Waals surface area (Å²) in [5, 5.41) is 0. The average molecular weight is 262 g/mol. The Balaban J connectivity index is 1.89. The highest BCUT2D eigenvalue weighted by molar-refractivity contribution is 7.89. The molecule has 0 amide bonds. The Bertz CT molecular complexity index is 331. The second-order valence-electron chi connectivity index (χ2n) is 5.07. The standard InChI is InChI=1S/C11H22N2O3S/c12-11-1-5-13(6-2-11)17(14,15)9-10-3-7-16-8-4-10/h10-11H,1-9,12H2. The lowest BCUT2D eigenvalue weighted by atomic mass is 10.0. The Morgan fingerprint density at radius 2 is 1.71 bits per heavy atom. The van der Waals surface area contributed by atoms with Crippen LogP contribution >= 0.6 is 0 Å². The van der Waals surface area contributed by atoms with Gasteiger partial charge in [0.25, 0.3) is 0 Å². The average Bonchev–Trinajstić information content (AvgIpc) is 2.30. The van der Waals surface area contributed by atoms with Crippen molar-refractivity contribution in [1.29, 1.82) is 0 Å². The molecule has 2 aliphatic heterocycles. The number of hydrogen-bond acceptors (Lipinski definition) is 4. The highest BCUT2D eigenvalue weighted by Gasteiger charge is 2.29. The first-order valence-corrected chi connectivity index (χ1v) is 8.00. The van der Waals surface area contributed by atoms with Gasteiger partial charge in [-0.3, -0.25) is 0 Å². The predicted molar refractivity (Wildman–Crippen MR) is 66.1 cm³/mol. The Morgan fingerprint density at radius 1 is 1.12 bits per heavy atom. The van der Waals surface area contributed by atoms with Gasteiger partial charge >= 0.3 is 0 Å². The van der Waals surface area contributed by atoms with E-state index in [4.69, 9.17) is 10.5 Å². The molecule has 0 unspecified atom stereocenters. The number of piperidine rings is 1. The highest BCUT2D eigenvalue weighted by atomic mass is 32.2. The minimum Gasteiger partial charge on any atom is -0.381 e. The molecular formula is C11H22N2O3S. The molecule has 2 fully saturated rings. The van der Waals surface area contributed by atoms with Gasteiger partial charge in [0.1, 0.15) is 0 Å². The molecule has 2 saturated heterocycles. The molecule has 0 aromatic rings. The van der Waals surface area contributed by atoms with Crippen molar-refractivity contribution in [3.63, 3.8) is 0 Å². The summed E-state index contributed by atoms with van der Waals surface area (Å²) in [5.41, 5.74) is 5.79. The lowest BCUT2D eigenvalue weighted by Gasteiger charge is -2.31. The molecule has 2 rings (SSSR count). The largest absolute Gasteiger partial charge is 0.381 e. The first-order valence-electron chi connectivity index (χ1n) is 6.39. The van der Waals surface area contributed by atoms with Crippen molar-refractivity contribution in [3.05, 3.63) is 0 Å². The third-order valence-electron chi connectivity index (χ3n) is 3.68. The fraction of sp³-hybridized carbons (Fsp3) is 1.00. The van der Waals surface area contributed by atoms with Crippen molar-refractivity contribution in [1.82, 2.24) is 4.31 Å². The van der Waals surface area contributed by atoms with E-state index in [-0.39, 0.29) is 17.7 Å². The van der Waals surface area contributed by atoms with Crippen molar-refractivity contribution >= 4 is 10.0 Å². The van der Waals surface area contributed by atoms with Crippen molar-refractivity contribution < 1.29 is 13.2 Å². The SMILES string of the molecule is NC1CCN(S(=O)(=O)CC2CCOCC2)CC1. The molecule has 2 aliphatic rings. The smallest absolute Gasteiger partial charge is 0.214 e. The maximum absolute atomic E-state index is 12.2. The maximum atomic E-state index is 12.2. The highest BCUT2D eigenvalue weighted by Crippen LogP contribution is 2.20. The van der Waals surface area contributed by atoms with Crippen LogP contribution in [0.2, 0.25) is 0 Å². The van der Waals surface area contributed by atoms with Crippen molar-refractivity contribution in [3.8, 4) is 0 Å². The number of nitrogens with zero attached hydrogens (tertiary/aromatic N) is 1. The monoisotopic (exact) mass is 262 g/mol. The van der Waals surface area contributed by atoms with E-state index in [1.165, 1.54) is 0 Å². The van der Waals surface area contributed by atoms with E-state index in [1.54, 1.807) is 4.31 Å². The van der Waals surface area contributed by atoms with Crippen LogP contribution in [-0.4, -0.2) is 50.8 Å². The van der Waals surface area contributed by atoms with Crippen LogP contribution < -0.4 is 5.73 Å². The van der Waals surface area contributed by atoms with Gasteiger partial charge in [0.2, 0.25) is 10.0 Å². The molecular weight excluding hydrogens is 240 g/mol. The Kier molecular flexibility index (Phi) is 4.41. The molecule has 0 atom stereocenters. The summed E-state index contributed by atoms with van der Waals surface area (Å²) >= 11 is 0. The molecule has 0 aromatic carbocycles. The Hall–Kier alpha value is -0.170. The van der Waals surface area contributed by atoms with Gasteiger partial charge < -0.3 is 10.5 Å². The number of rotatable bonds is 3. The second kappa shape index (κ2) is 5.65. The van der Waals surface area contributed by atoms with Crippen LogP contribution in [0.5, 0.6) is 0 Å². The molecule has 5 nitrogen and oxygen atoms in total. The maximum Gasteiger partial charge on any atom is 0.214 e. The molecule has 2 N–H and O–H groups in total. The zero-order valence-electron chi connectivity index (χ0n) is 10.2. The van der Waals surface area contributed by atoms with Crippen LogP contribution in [0.25, 0.3) is 0 Å². The van der Waals surface area contributed by atoms with E-state index in [0.29, 0.717) is 26.3 Å². The summed E-state index contributed by atoms with van der Waals surface area (Å²) in [4.78, 5) is 0. The normalized spacial score (nSPS) is 26.2. The van der Waals surface area contributed by atoms with Crippen LogP contribution in [0.4, 0.5) is 0 Å². The molecule has 0 aliphatic carbocycles. The van der Waals surface area contributed by atoms with E-state index in [1.807, 2.05) is 0 Å². The summed E-state index contributed by atoms with van der Waals surface area (Å²) in [6.45, 7) is 2.58. The molecule has 100 valence electrons. The number of ether oxygens (including phenoxy) is 1. The number of hydrogen-bond donors (Lipinski definition) is 1. The first-order chi connectivity index (χ1) is 8.08. The number of sulfonamides is 1. The molecule has 0 spiro atoms. The van der Waals surface area contributed by atoms with Gasteiger partial charge in [-0.1, -0.05) is 0 Å². The summed E-state index contributed by atoms with van der Waals surface area (Å²) in [5.74, 6) is 0.551. The Morgan fingerprint density at radius 3 is 2.29 bits per heavy atom. The summed E-state index contributed by atoms with van der Waals surface area (Å²) < 4.78 is 31.3. The first kappa shape index (κ1) is 13.3. The van der Waals surface area contributed by atoms with Gasteiger partial charge in [0.15, 0.2) is 0 Å². The summed E-state index contributed by atoms with van der Waals surface area (Å²) in [7, 11) is -3.08. The third-order valence-corrected chi connectivity index (χ3v) is 5.72. The van der Waals surface area contributed by atoms with Gasteiger partial charge in [0, 0.05) is 32.3 Å². The minimum atomic E-state index is -3.08. The third kappa shape index (κ3) is 3.64.